The van der Waals surface area contributed by atoms with Crippen molar-refractivity contribution in [3.8, 4) is 0 Å². The van der Waals surface area contributed by atoms with Gasteiger partial charge in [-0.25, -0.2) is 4.98 Å². The second kappa shape index (κ2) is 5.09. The molecule has 1 amide bonds. The number of aromatic nitrogens is 2. The Bertz CT molecular complexity index is 581. The molecule has 2 aromatic rings. The van der Waals surface area contributed by atoms with Gasteiger partial charge < -0.3 is 4.90 Å². The minimum absolute atomic E-state index is 0.110. The molecule has 0 spiro atoms. The number of carbonyl (C=O) groups is 1. The van der Waals surface area contributed by atoms with Crippen molar-refractivity contribution in [1.29, 1.82) is 0 Å². The second-order valence-corrected chi connectivity index (χ2v) is 5.56. The van der Waals surface area contributed by atoms with Crippen LogP contribution in [0.4, 0.5) is 0 Å². The molecular formula is C14H15N3OS. The average Bonchev–Trinajstić information content (AvgIpc) is 3.07. The molecule has 2 aromatic heterocycles. The molecule has 3 heterocycles. The lowest BCUT2D eigenvalue weighted by Crippen LogP contribution is -2.30. The molecule has 0 saturated carbocycles. The van der Waals surface area contributed by atoms with E-state index < -0.39 is 0 Å². The molecule has 3 rings (SSSR count). The van der Waals surface area contributed by atoms with E-state index in [1.807, 2.05) is 24.0 Å². The van der Waals surface area contributed by atoms with E-state index in [0.29, 0.717) is 0 Å². The van der Waals surface area contributed by atoms with Crippen LogP contribution in [0, 0.1) is 6.92 Å². The van der Waals surface area contributed by atoms with E-state index in [-0.39, 0.29) is 11.9 Å². The number of thiazole rings is 1. The van der Waals surface area contributed by atoms with Crippen LogP contribution in [0.5, 0.6) is 0 Å². The van der Waals surface area contributed by atoms with E-state index in [1.165, 1.54) is 16.9 Å². The van der Waals surface area contributed by atoms with Crippen LogP contribution < -0.4 is 0 Å². The quantitative estimate of drug-likeness (QED) is 0.845. The highest BCUT2D eigenvalue weighted by Gasteiger charge is 2.31. The lowest BCUT2D eigenvalue weighted by atomic mass is 10.1. The summed E-state index contributed by atoms with van der Waals surface area (Å²) in [7, 11) is 0. The number of hydrogen-bond acceptors (Lipinski definition) is 4. The van der Waals surface area contributed by atoms with Gasteiger partial charge in [0.05, 0.1) is 17.2 Å². The van der Waals surface area contributed by atoms with Crippen LogP contribution in [0.25, 0.3) is 0 Å². The van der Waals surface area contributed by atoms with E-state index in [2.05, 4.69) is 9.97 Å². The zero-order chi connectivity index (χ0) is 13.2. The molecule has 0 bridgehead atoms. The summed E-state index contributed by atoms with van der Waals surface area (Å²) in [5.41, 5.74) is 3.73. The van der Waals surface area contributed by atoms with Crippen LogP contribution in [-0.4, -0.2) is 27.3 Å². The van der Waals surface area contributed by atoms with Gasteiger partial charge in [0.15, 0.2) is 0 Å². The Labute approximate surface area is 116 Å². The highest BCUT2D eigenvalue weighted by atomic mass is 32.1. The van der Waals surface area contributed by atoms with Gasteiger partial charge >= 0.3 is 0 Å². The summed E-state index contributed by atoms with van der Waals surface area (Å²) in [6.45, 7) is 2.71. The van der Waals surface area contributed by atoms with Crippen molar-refractivity contribution in [3.05, 3.63) is 46.2 Å². The fraction of sp³-hybridized carbons (Fsp3) is 0.357. The predicted molar refractivity (Wildman–Crippen MR) is 74.1 cm³/mol. The summed E-state index contributed by atoms with van der Waals surface area (Å²) >= 11 is 1.43. The van der Waals surface area contributed by atoms with E-state index in [9.17, 15) is 4.79 Å². The highest BCUT2D eigenvalue weighted by Crippen LogP contribution is 2.33. The normalized spacial score (nSPS) is 18.8. The molecule has 1 atom stereocenters. The standard InChI is InChI=1S/C14H15N3OS/c1-10-13(19-9-16-10)14(18)17-8-2-3-12(17)11-4-6-15-7-5-11/h4-7,9,12H,2-3,8H2,1H3. The SMILES string of the molecule is Cc1ncsc1C(=O)N1CCCC1c1ccncc1. The van der Waals surface area contributed by atoms with Crippen molar-refractivity contribution in [1.82, 2.24) is 14.9 Å². The molecule has 0 aliphatic carbocycles. The molecule has 4 nitrogen and oxygen atoms in total. The van der Waals surface area contributed by atoms with Gasteiger partial charge in [-0.1, -0.05) is 0 Å². The van der Waals surface area contributed by atoms with Gasteiger partial charge in [0, 0.05) is 18.9 Å². The van der Waals surface area contributed by atoms with Crippen LogP contribution in [0.3, 0.4) is 0 Å². The molecular weight excluding hydrogens is 258 g/mol. The molecule has 19 heavy (non-hydrogen) atoms. The smallest absolute Gasteiger partial charge is 0.266 e. The third-order valence-corrected chi connectivity index (χ3v) is 4.46. The molecule has 1 aliphatic heterocycles. The zero-order valence-electron chi connectivity index (χ0n) is 10.7. The molecule has 1 aliphatic rings. The first-order chi connectivity index (χ1) is 9.27. The predicted octanol–water partition coefficient (Wildman–Crippen LogP) is 2.82. The maximum absolute atomic E-state index is 12.6. The number of nitrogens with zero attached hydrogens (tertiary/aromatic N) is 3. The molecule has 0 aromatic carbocycles. The monoisotopic (exact) mass is 273 g/mol. The summed E-state index contributed by atoms with van der Waals surface area (Å²) in [6.07, 6.45) is 5.65. The van der Waals surface area contributed by atoms with Crippen LogP contribution in [0.1, 0.15) is 39.8 Å². The van der Waals surface area contributed by atoms with Gasteiger partial charge in [-0.2, -0.15) is 0 Å². The summed E-state index contributed by atoms with van der Waals surface area (Å²) in [5, 5.41) is 0. The summed E-state index contributed by atoms with van der Waals surface area (Å²) in [4.78, 5) is 23.5. The molecule has 1 fully saturated rings. The van der Waals surface area contributed by atoms with Crippen LogP contribution in [0.15, 0.2) is 30.0 Å². The van der Waals surface area contributed by atoms with Gasteiger partial charge in [-0.05, 0) is 37.5 Å². The van der Waals surface area contributed by atoms with Gasteiger partial charge in [-0.3, -0.25) is 9.78 Å². The number of pyridine rings is 1. The summed E-state index contributed by atoms with van der Waals surface area (Å²) in [5.74, 6) is 0.110. The van der Waals surface area contributed by atoms with Crippen molar-refractivity contribution in [2.75, 3.05) is 6.54 Å². The number of aryl methyl sites for hydroxylation is 1. The van der Waals surface area contributed by atoms with Crippen molar-refractivity contribution >= 4 is 17.2 Å². The van der Waals surface area contributed by atoms with E-state index in [0.717, 1.165) is 30.0 Å². The summed E-state index contributed by atoms with van der Waals surface area (Å²) in [6, 6.07) is 4.17. The van der Waals surface area contributed by atoms with Crippen molar-refractivity contribution in [3.63, 3.8) is 0 Å². The van der Waals surface area contributed by atoms with Crippen molar-refractivity contribution in [2.45, 2.75) is 25.8 Å². The first-order valence-corrected chi connectivity index (χ1v) is 7.26. The number of likely N-dealkylation sites (tertiary alicyclic amines) is 1. The Morgan fingerprint density at radius 2 is 2.21 bits per heavy atom. The van der Waals surface area contributed by atoms with Gasteiger partial charge in [-0.15, -0.1) is 11.3 Å². The third-order valence-electron chi connectivity index (χ3n) is 3.54. The Balaban J connectivity index is 1.88. The van der Waals surface area contributed by atoms with Crippen LogP contribution in [0.2, 0.25) is 0 Å². The third kappa shape index (κ3) is 2.26. The molecule has 1 unspecified atom stereocenters. The van der Waals surface area contributed by atoms with Crippen LogP contribution >= 0.6 is 11.3 Å². The number of hydrogen-bond donors (Lipinski definition) is 0. The topological polar surface area (TPSA) is 46.1 Å². The maximum atomic E-state index is 12.6. The molecule has 1 saturated heterocycles. The highest BCUT2D eigenvalue weighted by molar-refractivity contribution is 7.11. The lowest BCUT2D eigenvalue weighted by Gasteiger charge is -2.24. The second-order valence-electron chi connectivity index (χ2n) is 4.70. The minimum Gasteiger partial charge on any atom is -0.331 e. The summed E-state index contributed by atoms with van der Waals surface area (Å²) < 4.78 is 0. The first kappa shape index (κ1) is 12.3. The van der Waals surface area contributed by atoms with Crippen molar-refractivity contribution in [2.24, 2.45) is 0 Å². The first-order valence-electron chi connectivity index (χ1n) is 6.38. The lowest BCUT2D eigenvalue weighted by molar-refractivity contribution is 0.0739. The Morgan fingerprint density at radius 3 is 2.89 bits per heavy atom. The van der Waals surface area contributed by atoms with Gasteiger partial charge in [0.2, 0.25) is 0 Å². The van der Waals surface area contributed by atoms with Gasteiger partial charge in [0.25, 0.3) is 5.91 Å². The molecule has 5 heteroatoms. The molecule has 0 radical (unpaired) electrons. The molecule has 0 N–H and O–H groups in total. The largest absolute Gasteiger partial charge is 0.331 e. The zero-order valence-corrected chi connectivity index (χ0v) is 11.6. The van der Waals surface area contributed by atoms with E-state index in [1.54, 1.807) is 17.9 Å². The number of rotatable bonds is 2. The average molecular weight is 273 g/mol. The van der Waals surface area contributed by atoms with E-state index >= 15 is 0 Å². The Kier molecular flexibility index (Phi) is 3.29. The maximum Gasteiger partial charge on any atom is 0.266 e. The molecule has 98 valence electrons. The number of amides is 1. The van der Waals surface area contributed by atoms with Crippen LogP contribution in [-0.2, 0) is 0 Å². The Hall–Kier alpha value is -1.75. The fourth-order valence-electron chi connectivity index (χ4n) is 2.58. The van der Waals surface area contributed by atoms with E-state index in [4.69, 9.17) is 0 Å². The van der Waals surface area contributed by atoms with Gasteiger partial charge in [0.1, 0.15) is 4.88 Å². The van der Waals surface area contributed by atoms with Crippen molar-refractivity contribution < 1.29 is 4.79 Å². The minimum atomic E-state index is 0.110. The Morgan fingerprint density at radius 1 is 1.42 bits per heavy atom. The number of carbonyl (C=O) groups excluding carboxylic acids is 1. The fourth-order valence-corrected chi connectivity index (χ4v) is 3.34.